The minimum atomic E-state index is -0.503. The summed E-state index contributed by atoms with van der Waals surface area (Å²) >= 11 is 0. The smallest absolute Gasteiger partial charge is 0.0533 e. The molecule has 0 unspecified atom stereocenters. The second kappa shape index (κ2) is 55.6. The van der Waals surface area contributed by atoms with Crippen molar-refractivity contribution in [3.63, 3.8) is 0 Å². The Hall–Kier alpha value is 1.72. The molecule has 39 heavy (non-hydrogen) atoms. The first-order valence-electron chi connectivity index (χ1n) is 9.16. The Bertz CT molecular complexity index is 726. The van der Waals surface area contributed by atoms with Gasteiger partial charge in [-0.3, -0.25) is 68.8 Å². The summed E-state index contributed by atoms with van der Waals surface area (Å²) in [5.41, 5.74) is -0.0880. The fourth-order valence-electron chi connectivity index (χ4n) is 1.20. The van der Waals surface area contributed by atoms with Crippen LogP contribution in [0.25, 0.3) is 16.0 Å². The molecule has 0 aliphatic carbocycles. The zero-order valence-electron chi connectivity index (χ0n) is 22.6. The van der Waals surface area contributed by atoms with E-state index in [9.17, 15) is 20.2 Å². The Morgan fingerprint density at radius 3 is 0.821 bits per heavy atom. The molecule has 0 aliphatic rings. The first kappa shape index (κ1) is 63.8. The van der Waals surface area contributed by atoms with E-state index in [0.29, 0.717) is 0 Å². The number of hydrogen-bond donors (Lipinski definition) is 0. The molecule has 0 fully saturated rings. The van der Waals surface area contributed by atoms with Crippen molar-refractivity contribution in [1.29, 1.82) is 0 Å². The van der Waals surface area contributed by atoms with E-state index < -0.39 is 9.85 Å². The van der Waals surface area contributed by atoms with Crippen molar-refractivity contribution >= 4 is 11.4 Å². The molecule has 3 radical (unpaired) electrons. The maximum Gasteiger partial charge on any atom is 0.0533 e. The molecule has 0 N–H and O–H groups in total. The van der Waals surface area contributed by atoms with E-state index >= 15 is 0 Å². The maximum absolute atomic E-state index is 9.96. The number of non-ortho nitro benzene ring substituents is 2. The molecule has 0 saturated carbocycles. The Labute approximate surface area is 352 Å². The van der Waals surface area contributed by atoms with Crippen LogP contribution in [0.1, 0.15) is 0 Å². The van der Waals surface area contributed by atoms with Gasteiger partial charge in [-0.05, 0) is 9.85 Å². The largest absolute Gasteiger partial charge is 0.668 e. The molecule has 0 amide bonds. The summed E-state index contributed by atoms with van der Waals surface area (Å²) in [5, 5.41) is 30.4. The van der Waals surface area contributed by atoms with Gasteiger partial charge in [0.2, 0.25) is 0 Å². The van der Waals surface area contributed by atoms with Crippen LogP contribution in [0.3, 0.4) is 0 Å². The molecule has 15 heteroatoms. The van der Waals surface area contributed by atoms with E-state index in [0.717, 1.165) is 0 Å². The van der Waals surface area contributed by atoms with Crippen LogP contribution < -0.4 is 0 Å². The molecule has 0 aromatic heterocycles. The van der Waals surface area contributed by atoms with Crippen molar-refractivity contribution in [3.05, 3.63) is 133 Å². The van der Waals surface area contributed by atoms with Gasteiger partial charge in [-0.15, -0.1) is 0 Å². The molecule has 9 nitrogen and oxygen atoms in total. The first-order chi connectivity index (χ1) is 15.9. The molecule has 0 saturated heterocycles. The van der Waals surface area contributed by atoms with Crippen molar-refractivity contribution in [2.45, 2.75) is 0 Å². The van der Waals surface area contributed by atoms with E-state index in [-0.39, 0.29) is 173 Å². The number of nitro groups is 2. The van der Waals surface area contributed by atoms with Gasteiger partial charge in [0.1, 0.15) is 0 Å². The van der Waals surface area contributed by atoms with Crippen LogP contribution in [-0.2, 0) is 161 Å². The molecule has 0 heterocycles. The van der Waals surface area contributed by atoms with E-state index in [1.54, 1.807) is 54.4 Å². The molecule has 0 bridgehead atoms. The number of nitrogens with zero attached hydrogens (tertiary/aromatic N) is 5. The standard InChI is InChI=1S/2C6H3NO2.C6H4.3C2H6N.3W.3Y/c2*8-7(9)6-4-2-1-3-5-6;1-2-4-6-5-3-1;3*1-3-2;;;;;;/h2*1-2,5H;1-2,5-6H;3*1-2H3;;;;;;/q3*-2;3*-1;;;;;;. The van der Waals surface area contributed by atoms with Crippen LogP contribution in [-0.4, -0.2) is 52.1 Å². The fourth-order valence-corrected chi connectivity index (χ4v) is 1.20. The second-order valence-electron chi connectivity index (χ2n) is 5.20. The van der Waals surface area contributed by atoms with Gasteiger partial charge in [-0.1, -0.05) is 0 Å². The minimum Gasteiger partial charge on any atom is -0.668 e. The zero-order valence-corrected chi connectivity index (χ0v) is 39.9. The topological polar surface area (TPSA) is 129 Å². The van der Waals surface area contributed by atoms with Gasteiger partial charge in [0.05, 0.1) is 11.4 Å². The summed E-state index contributed by atoms with van der Waals surface area (Å²) in [6, 6.07) is 31.6. The van der Waals surface area contributed by atoms with Crippen molar-refractivity contribution in [1.82, 2.24) is 0 Å². The molecule has 0 aliphatic heterocycles. The van der Waals surface area contributed by atoms with Gasteiger partial charge < -0.3 is 40.2 Å². The van der Waals surface area contributed by atoms with Gasteiger partial charge >= 0.3 is 0 Å². The first-order valence-corrected chi connectivity index (χ1v) is 9.16. The average Bonchev–Trinajstić information content (AvgIpc) is 2.84. The Balaban J connectivity index is -0.0000000406. The molecule has 3 rings (SSSR count). The summed E-state index contributed by atoms with van der Waals surface area (Å²) in [5.74, 6) is 0. The Morgan fingerprint density at radius 2 is 0.718 bits per heavy atom. The van der Waals surface area contributed by atoms with Crippen molar-refractivity contribution in [2.24, 2.45) is 0 Å². The van der Waals surface area contributed by atoms with E-state index in [4.69, 9.17) is 0 Å². The van der Waals surface area contributed by atoms with Crippen LogP contribution in [0.15, 0.2) is 60.7 Å². The molecular formula is C24H28N5O4W3Y3-9. The SMILES string of the molecule is C[N-]C.C[N-]C.C[N-]C.O=[N+]([O-])c1[c-]cc[c-]c1.O=[N+]([O-])c1[c-]cc[c-]c1.[W].[W].[W].[Y].[Y].[Y].[c-]1cc[c-]cc1. The van der Waals surface area contributed by atoms with Gasteiger partial charge in [0.15, 0.2) is 0 Å². The second-order valence-corrected chi connectivity index (χ2v) is 5.20. The van der Waals surface area contributed by atoms with Gasteiger partial charge in [0.25, 0.3) is 0 Å². The predicted octanol–water partition coefficient (Wildman–Crippen LogP) is 5.52. The van der Waals surface area contributed by atoms with Crippen molar-refractivity contribution < 1.29 is 171 Å². The normalized spacial score (nSPS) is 6.72. The molecule has 3 aromatic rings. The summed E-state index contributed by atoms with van der Waals surface area (Å²) in [7, 11) is 10.5. The van der Waals surface area contributed by atoms with Crippen LogP contribution in [0.2, 0.25) is 0 Å². The minimum absolute atomic E-state index is 0. The number of hydrogen-bond acceptors (Lipinski definition) is 4. The molecule has 3 aromatic carbocycles. The Morgan fingerprint density at radius 1 is 0.513 bits per heavy atom. The summed E-state index contributed by atoms with van der Waals surface area (Å²) in [6.07, 6.45) is 0. The molecule has 209 valence electrons. The van der Waals surface area contributed by atoms with Crippen molar-refractivity contribution in [3.8, 4) is 0 Å². The zero-order chi connectivity index (χ0) is 25.7. The van der Waals surface area contributed by atoms with Crippen LogP contribution >= 0.6 is 0 Å². The van der Waals surface area contributed by atoms with Gasteiger partial charge in [-0.25, -0.2) is 24.3 Å². The third-order valence-electron chi connectivity index (χ3n) is 2.21. The number of rotatable bonds is 2. The average molecular weight is 1270 g/mol. The summed E-state index contributed by atoms with van der Waals surface area (Å²) in [6.45, 7) is 0. The summed E-state index contributed by atoms with van der Waals surface area (Å²) in [4.78, 5) is 18.9. The van der Waals surface area contributed by atoms with E-state index in [1.165, 1.54) is 24.3 Å². The van der Waals surface area contributed by atoms with Gasteiger partial charge in [-0.2, -0.15) is 42.3 Å². The van der Waals surface area contributed by atoms with Crippen molar-refractivity contribution in [2.75, 3.05) is 42.3 Å². The fraction of sp³-hybridized carbons (Fsp3) is 0.250. The monoisotopic (exact) mass is 1270 g/mol. The molecular weight excluding hydrogens is 1240 g/mol. The van der Waals surface area contributed by atoms with Crippen LogP contribution in [0.5, 0.6) is 0 Å². The third-order valence-corrected chi connectivity index (χ3v) is 2.21. The Kier molecular flexibility index (Phi) is 91.1. The molecule has 0 atom stereocenters. The van der Waals surface area contributed by atoms with E-state index in [2.05, 4.69) is 52.3 Å². The van der Waals surface area contributed by atoms with Crippen LogP contribution in [0, 0.1) is 56.6 Å². The van der Waals surface area contributed by atoms with Gasteiger partial charge in [0, 0.05) is 161 Å². The third kappa shape index (κ3) is 56.2. The predicted molar refractivity (Wildman–Crippen MR) is 131 cm³/mol. The number of benzene rings is 3. The maximum atomic E-state index is 9.96. The van der Waals surface area contributed by atoms with E-state index in [1.807, 2.05) is 24.3 Å². The number of nitro benzene ring substituents is 2. The summed E-state index contributed by atoms with van der Waals surface area (Å²) < 4.78 is 0. The quantitative estimate of drug-likeness (QED) is 0.190. The molecule has 0 spiro atoms. The van der Waals surface area contributed by atoms with Crippen LogP contribution in [0.4, 0.5) is 11.4 Å².